The summed E-state index contributed by atoms with van der Waals surface area (Å²) < 4.78 is 1.92. The maximum absolute atomic E-state index is 4.47. The van der Waals surface area contributed by atoms with Gasteiger partial charge in [0.25, 0.3) is 0 Å². The van der Waals surface area contributed by atoms with Crippen LogP contribution in [0.5, 0.6) is 0 Å². The highest BCUT2D eigenvalue weighted by molar-refractivity contribution is 7.98. The number of anilines is 1. The van der Waals surface area contributed by atoms with Crippen LogP contribution in [0.15, 0.2) is 23.4 Å². The number of rotatable bonds is 5. The predicted octanol–water partition coefficient (Wildman–Crippen LogP) is 1.74. The molecule has 1 fully saturated rings. The normalized spacial score (nSPS) is 14.7. The smallest absolute Gasteiger partial charge is 0.209 e. The maximum atomic E-state index is 4.47. The van der Waals surface area contributed by atoms with Gasteiger partial charge in [-0.15, -0.1) is 5.10 Å². The van der Waals surface area contributed by atoms with E-state index in [0.717, 1.165) is 22.4 Å². The molecule has 2 aromatic heterocycles. The summed E-state index contributed by atoms with van der Waals surface area (Å²) in [5, 5.41) is 15.7. The van der Waals surface area contributed by atoms with Crippen molar-refractivity contribution in [3.05, 3.63) is 23.9 Å². The minimum atomic E-state index is 0.513. The second kappa shape index (κ2) is 4.93. The van der Waals surface area contributed by atoms with E-state index in [9.17, 15) is 0 Å². The lowest BCUT2D eigenvalue weighted by Gasteiger charge is -2.04. The summed E-state index contributed by atoms with van der Waals surface area (Å²) in [6, 6.07) is 6.47. The average molecular weight is 262 g/mol. The highest BCUT2D eigenvalue weighted by Gasteiger charge is 2.27. The topological polar surface area (TPSA) is 68.5 Å². The molecule has 7 heteroatoms. The van der Waals surface area contributed by atoms with E-state index in [1.807, 2.05) is 29.9 Å². The van der Waals surface area contributed by atoms with Crippen molar-refractivity contribution >= 4 is 17.6 Å². The van der Waals surface area contributed by atoms with Gasteiger partial charge in [-0.25, -0.2) is 9.67 Å². The molecule has 0 amide bonds. The summed E-state index contributed by atoms with van der Waals surface area (Å²) in [5.41, 5.74) is 1.03. The predicted molar refractivity (Wildman–Crippen MR) is 69.4 cm³/mol. The Morgan fingerprint density at radius 2 is 2.33 bits per heavy atom. The van der Waals surface area contributed by atoms with Crippen molar-refractivity contribution in [1.29, 1.82) is 0 Å². The average Bonchev–Trinajstić information content (AvgIpc) is 3.15. The van der Waals surface area contributed by atoms with Crippen LogP contribution in [0.3, 0.4) is 0 Å². The number of tetrazole rings is 1. The first-order valence-electron chi connectivity index (χ1n) is 5.91. The zero-order valence-electron chi connectivity index (χ0n) is 10.1. The molecule has 3 rings (SSSR count). The van der Waals surface area contributed by atoms with Crippen LogP contribution in [0.25, 0.3) is 0 Å². The molecule has 0 bridgehead atoms. The van der Waals surface area contributed by atoms with Gasteiger partial charge in [0.1, 0.15) is 5.82 Å². The van der Waals surface area contributed by atoms with E-state index in [0.29, 0.717) is 6.04 Å². The number of nitrogens with zero attached hydrogens (tertiary/aromatic N) is 5. The molecule has 1 N–H and O–H groups in total. The molecule has 0 unspecified atom stereocenters. The van der Waals surface area contributed by atoms with Gasteiger partial charge in [-0.2, -0.15) is 0 Å². The van der Waals surface area contributed by atoms with Gasteiger partial charge in [0.05, 0.1) is 11.7 Å². The van der Waals surface area contributed by atoms with Gasteiger partial charge in [-0.3, -0.25) is 0 Å². The monoisotopic (exact) mass is 262 g/mol. The van der Waals surface area contributed by atoms with Crippen molar-refractivity contribution in [3.63, 3.8) is 0 Å². The molecule has 94 valence electrons. The Hall–Kier alpha value is -1.63. The molecule has 0 aromatic carbocycles. The molecule has 1 aliphatic carbocycles. The molecule has 0 aliphatic heterocycles. The number of aromatic nitrogens is 5. The Bertz CT molecular complexity index is 536. The van der Waals surface area contributed by atoms with Crippen LogP contribution in [0, 0.1) is 0 Å². The molecular formula is C11H14N6S. The summed E-state index contributed by atoms with van der Waals surface area (Å²) >= 11 is 1.63. The van der Waals surface area contributed by atoms with E-state index < -0.39 is 0 Å². The molecule has 0 spiro atoms. The van der Waals surface area contributed by atoms with E-state index in [4.69, 9.17) is 0 Å². The molecule has 1 saturated carbocycles. The van der Waals surface area contributed by atoms with Crippen molar-refractivity contribution in [2.24, 2.45) is 0 Å². The molecular weight excluding hydrogens is 248 g/mol. The highest BCUT2D eigenvalue weighted by Crippen LogP contribution is 2.36. The third-order valence-electron chi connectivity index (χ3n) is 2.77. The van der Waals surface area contributed by atoms with Crippen molar-refractivity contribution in [1.82, 2.24) is 25.2 Å². The van der Waals surface area contributed by atoms with Gasteiger partial charge < -0.3 is 5.32 Å². The first-order valence-corrected chi connectivity index (χ1v) is 6.90. The van der Waals surface area contributed by atoms with Gasteiger partial charge in [-0.05, 0) is 35.4 Å². The largest absolute Gasteiger partial charge is 0.373 e. The SMILES string of the molecule is CNc1cccc(CSc2nnnn2C2CC2)n1. The van der Waals surface area contributed by atoms with Crippen LogP contribution in [0.4, 0.5) is 5.82 Å². The van der Waals surface area contributed by atoms with Gasteiger partial charge >= 0.3 is 0 Å². The van der Waals surface area contributed by atoms with E-state index in [2.05, 4.69) is 25.8 Å². The van der Waals surface area contributed by atoms with Gasteiger partial charge in [0.15, 0.2) is 0 Å². The highest BCUT2D eigenvalue weighted by atomic mass is 32.2. The minimum Gasteiger partial charge on any atom is -0.373 e. The zero-order valence-corrected chi connectivity index (χ0v) is 10.9. The van der Waals surface area contributed by atoms with Crippen LogP contribution in [-0.4, -0.2) is 32.2 Å². The second-order valence-electron chi connectivity index (χ2n) is 4.19. The Morgan fingerprint density at radius 3 is 3.11 bits per heavy atom. The summed E-state index contributed by atoms with van der Waals surface area (Å²) in [6.07, 6.45) is 2.37. The van der Waals surface area contributed by atoms with Crippen LogP contribution in [0.2, 0.25) is 0 Å². The van der Waals surface area contributed by atoms with Gasteiger partial charge in [0.2, 0.25) is 5.16 Å². The van der Waals surface area contributed by atoms with E-state index in [1.165, 1.54) is 12.8 Å². The Labute approximate surface area is 109 Å². The van der Waals surface area contributed by atoms with Crippen molar-refractivity contribution < 1.29 is 0 Å². The third kappa shape index (κ3) is 2.45. The van der Waals surface area contributed by atoms with Crippen LogP contribution in [-0.2, 0) is 5.75 Å². The van der Waals surface area contributed by atoms with Crippen LogP contribution >= 0.6 is 11.8 Å². The molecule has 0 radical (unpaired) electrons. The quantitative estimate of drug-likeness (QED) is 0.828. The first-order chi connectivity index (χ1) is 8.86. The van der Waals surface area contributed by atoms with E-state index in [1.54, 1.807) is 11.8 Å². The van der Waals surface area contributed by atoms with Crippen molar-refractivity contribution in [2.75, 3.05) is 12.4 Å². The number of thioether (sulfide) groups is 1. The number of nitrogens with one attached hydrogen (secondary N) is 1. The lowest BCUT2D eigenvalue weighted by Crippen LogP contribution is -1.99. The van der Waals surface area contributed by atoms with Crippen molar-refractivity contribution in [2.45, 2.75) is 29.8 Å². The van der Waals surface area contributed by atoms with E-state index >= 15 is 0 Å². The Kier molecular flexibility index (Phi) is 3.14. The standard InChI is InChI=1S/C11H14N6S/c1-12-10-4-2-3-8(13-10)7-18-11-14-15-16-17(11)9-5-6-9/h2-4,9H,5-7H2,1H3,(H,12,13). The fourth-order valence-electron chi connectivity index (χ4n) is 1.67. The van der Waals surface area contributed by atoms with Gasteiger partial charge in [0, 0.05) is 12.8 Å². The fraction of sp³-hybridized carbons (Fsp3) is 0.455. The van der Waals surface area contributed by atoms with Crippen molar-refractivity contribution in [3.8, 4) is 0 Å². The fourth-order valence-corrected chi connectivity index (χ4v) is 2.52. The van der Waals surface area contributed by atoms with Crippen LogP contribution in [0.1, 0.15) is 24.6 Å². The lowest BCUT2D eigenvalue weighted by atomic mass is 10.4. The molecule has 6 nitrogen and oxygen atoms in total. The summed E-state index contributed by atoms with van der Waals surface area (Å²) in [4.78, 5) is 4.47. The summed E-state index contributed by atoms with van der Waals surface area (Å²) in [5.74, 6) is 1.66. The second-order valence-corrected chi connectivity index (χ2v) is 5.13. The number of hydrogen-bond donors (Lipinski definition) is 1. The van der Waals surface area contributed by atoms with E-state index in [-0.39, 0.29) is 0 Å². The third-order valence-corrected chi connectivity index (χ3v) is 3.73. The lowest BCUT2D eigenvalue weighted by molar-refractivity contribution is 0.565. The van der Waals surface area contributed by atoms with Gasteiger partial charge in [-0.1, -0.05) is 17.8 Å². The first kappa shape index (κ1) is 11.5. The molecule has 18 heavy (non-hydrogen) atoms. The molecule has 0 atom stereocenters. The molecule has 2 heterocycles. The van der Waals surface area contributed by atoms with Crippen LogP contribution < -0.4 is 5.32 Å². The maximum Gasteiger partial charge on any atom is 0.209 e. The minimum absolute atomic E-state index is 0.513. The zero-order chi connectivity index (χ0) is 12.4. The Balaban J connectivity index is 1.67. The molecule has 1 aliphatic rings. The summed E-state index contributed by atoms with van der Waals surface area (Å²) in [6.45, 7) is 0. The summed E-state index contributed by atoms with van der Waals surface area (Å²) in [7, 11) is 1.87. The number of pyridine rings is 1. The Morgan fingerprint density at radius 1 is 1.44 bits per heavy atom. The molecule has 2 aromatic rings. The number of hydrogen-bond acceptors (Lipinski definition) is 6. The molecule has 0 saturated heterocycles.